The van der Waals surface area contributed by atoms with Crippen molar-refractivity contribution in [2.45, 2.75) is 44.2 Å². The van der Waals surface area contributed by atoms with E-state index in [-0.39, 0.29) is 17.4 Å². The van der Waals surface area contributed by atoms with Crippen molar-refractivity contribution in [3.05, 3.63) is 71.3 Å². The Labute approximate surface area is 162 Å². The third-order valence-corrected chi connectivity index (χ3v) is 5.53. The van der Waals surface area contributed by atoms with Crippen LogP contribution in [0.25, 0.3) is 5.76 Å². The summed E-state index contributed by atoms with van der Waals surface area (Å²) in [7, 11) is 0. The highest BCUT2D eigenvalue weighted by molar-refractivity contribution is 6.46. The number of nitrogens with zero attached hydrogens (tertiary/aromatic N) is 2. The standard InChI is InChI=1S/C22H21FN2O3/c23-15-11-9-14(10-12-15)20(26)18-19(17-8-4-5-13-24-17)25(22(28)21(18)27)16-6-2-1-3-7-16/h4-5,8-13,16,19,26H,1-3,6-7H2/b20-18-. The maximum Gasteiger partial charge on any atom is 0.295 e. The number of hydrogen-bond donors (Lipinski definition) is 1. The third-order valence-electron chi connectivity index (χ3n) is 5.53. The van der Waals surface area contributed by atoms with E-state index in [2.05, 4.69) is 4.98 Å². The molecule has 2 fully saturated rings. The Hall–Kier alpha value is -3.02. The molecular weight excluding hydrogens is 359 g/mol. The number of halogens is 1. The normalized spacial score (nSPS) is 22.6. The van der Waals surface area contributed by atoms with Crippen molar-refractivity contribution in [1.29, 1.82) is 0 Å². The van der Waals surface area contributed by atoms with Crippen LogP contribution in [-0.4, -0.2) is 32.7 Å². The molecule has 0 bridgehead atoms. The first kappa shape index (κ1) is 18.3. The summed E-state index contributed by atoms with van der Waals surface area (Å²) in [6, 6.07) is 9.72. The van der Waals surface area contributed by atoms with Crippen LogP contribution in [0, 0.1) is 5.82 Å². The molecule has 0 spiro atoms. The lowest BCUT2D eigenvalue weighted by molar-refractivity contribution is -0.141. The molecule has 1 aliphatic heterocycles. The monoisotopic (exact) mass is 380 g/mol. The van der Waals surface area contributed by atoms with E-state index in [1.807, 2.05) is 0 Å². The van der Waals surface area contributed by atoms with Crippen molar-refractivity contribution in [1.82, 2.24) is 9.88 Å². The molecule has 5 nitrogen and oxygen atoms in total. The van der Waals surface area contributed by atoms with Crippen molar-refractivity contribution < 1.29 is 19.1 Å². The molecule has 1 N–H and O–H groups in total. The lowest BCUT2D eigenvalue weighted by Gasteiger charge is -2.35. The van der Waals surface area contributed by atoms with E-state index in [1.165, 1.54) is 24.3 Å². The molecule has 144 valence electrons. The molecule has 4 rings (SSSR count). The van der Waals surface area contributed by atoms with Crippen molar-refractivity contribution in [3.8, 4) is 0 Å². The Morgan fingerprint density at radius 2 is 1.75 bits per heavy atom. The van der Waals surface area contributed by atoms with Crippen LogP contribution >= 0.6 is 0 Å². The number of ketones is 1. The summed E-state index contributed by atoms with van der Waals surface area (Å²) in [5.41, 5.74) is 0.848. The first-order valence-corrected chi connectivity index (χ1v) is 9.55. The SMILES string of the molecule is O=C1C(=O)N(C2CCCCC2)C(c2ccccn2)/C1=C(/O)c1ccc(F)cc1. The lowest BCUT2D eigenvalue weighted by atomic mass is 9.92. The van der Waals surface area contributed by atoms with Crippen molar-refractivity contribution in [2.24, 2.45) is 0 Å². The molecule has 1 unspecified atom stereocenters. The molecule has 0 radical (unpaired) electrons. The van der Waals surface area contributed by atoms with E-state index < -0.39 is 23.5 Å². The molecule has 1 saturated heterocycles. The zero-order valence-corrected chi connectivity index (χ0v) is 15.3. The maximum atomic E-state index is 13.3. The van der Waals surface area contributed by atoms with E-state index in [1.54, 1.807) is 29.3 Å². The number of aliphatic hydroxyl groups excluding tert-OH is 1. The molecule has 2 aromatic rings. The fraction of sp³-hybridized carbons (Fsp3) is 0.318. The number of hydrogen-bond acceptors (Lipinski definition) is 4. The highest BCUT2D eigenvalue weighted by atomic mass is 19.1. The van der Waals surface area contributed by atoms with Crippen molar-refractivity contribution >= 4 is 17.4 Å². The predicted octanol–water partition coefficient (Wildman–Crippen LogP) is 3.98. The zero-order chi connectivity index (χ0) is 19.7. The van der Waals surface area contributed by atoms with Gasteiger partial charge in [0.05, 0.1) is 11.3 Å². The van der Waals surface area contributed by atoms with Crippen LogP contribution in [0.15, 0.2) is 54.2 Å². The Kier molecular flexibility index (Phi) is 4.94. The molecule has 1 atom stereocenters. The molecule has 2 aliphatic rings. The lowest BCUT2D eigenvalue weighted by Crippen LogP contribution is -2.40. The van der Waals surface area contributed by atoms with E-state index >= 15 is 0 Å². The first-order chi connectivity index (χ1) is 13.6. The van der Waals surface area contributed by atoms with E-state index in [4.69, 9.17) is 0 Å². The molecule has 1 aromatic heterocycles. The van der Waals surface area contributed by atoms with Gasteiger partial charge in [0, 0.05) is 17.8 Å². The van der Waals surface area contributed by atoms with Gasteiger partial charge >= 0.3 is 0 Å². The summed E-state index contributed by atoms with van der Waals surface area (Å²) in [5, 5.41) is 10.9. The highest BCUT2D eigenvalue weighted by Crippen LogP contribution is 2.42. The molecule has 6 heteroatoms. The van der Waals surface area contributed by atoms with Gasteiger partial charge in [0.15, 0.2) is 0 Å². The Morgan fingerprint density at radius 3 is 2.39 bits per heavy atom. The fourth-order valence-electron chi connectivity index (χ4n) is 4.18. The van der Waals surface area contributed by atoms with E-state index in [0.29, 0.717) is 11.3 Å². The van der Waals surface area contributed by atoms with Gasteiger partial charge in [-0.1, -0.05) is 25.3 Å². The van der Waals surface area contributed by atoms with Crippen LogP contribution in [-0.2, 0) is 9.59 Å². The van der Waals surface area contributed by atoms with Gasteiger partial charge < -0.3 is 10.0 Å². The number of carbonyl (C=O) groups is 2. The number of benzene rings is 1. The minimum atomic E-state index is -0.741. The van der Waals surface area contributed by atoms with Crippen molar-refractivity contribution in [2.75, 3.05) is 0 Å². The molecule has 2 heterocycles. The number of amides is 1. The number of likely N-dealkylation sites (tertiary alicyclic amines) is 1. The Morgan fingerprint density at radius 1 is 1.04 bits per heavy atom. The Balaban J connectivity index is 1.85. The van der Waals surface area contributed by atoms with Gasteiger partial charge in [-0.05, 0) is 49.2 Å². The van der Waals surface area contributed by atoms with Crippen LogP contribution < -0.4 is 0 Å². The summed E-state index contributed by atoms with van der Waals surface area (Å²) in [4.78, 5) is 31.8. The van der Waals surface area contributed by atoms with Gasteiger partial charge in [-0.25, -0.2) is 4.39 Å². The summed E-state index contributed by atoms with van der Waals surface area (Å²) < 4.78 is 13.3. The maximum absolute atomic E-state index is 13.3. The summed E-state index contributed by atoms with van der Waals surface area (Å²) in [5.74, 6) is -2.07. The third kappa shape index (κ3) is 3.19. The van der Waals surface area contributed by atoms with E-state index in [0.717, 1.165) is 32.1 Å². The van der Waals surface area contributed by atoms with Gasteiger partial charge in [-0.3, -0.25) is 14.6 Å². The largest absolute Gasteiger partial charge is 0.507 e. The molecular formula is C22H21FN2O3. The van der Waals surface area contributed by atoms with Gasteiger partial charge in [0.2, 0.25) is 0 Å². The second-order valence-corrected chi connectivity index (χ2v) is 7.26. The number of pyridine rings is 1. The molecule has 1 amide bonds. The topological polar surface area (TPSA) is 70.5 Å². The van der Waals surface area contributed by atoms with E-state index in [9.17, 15) is 19.1 Å². The summed E-state index contributed by atoms with van der Waals surface area (Å²) in [6.45, 7) is 0. The number of rotatable bonds is 3. The van der Waals surface area contributed by atoms with Crippen LogP contribution in [0.4, 0.5) is 4.39 Å². The number of Topliss-reactive ketones (excluding diaryl/α,β-unsaturated/α-hetero) is 1. The van der Waals surface area contributed by atoms with Crippen LogP contribution in [0.2, 0.25) is 0 Å². The average molecular weight is 380 g/mol. The van der Waals surface area contributed by atoms with Gasteiger partial charge in [0.1, 0.15) is 17.6 Å². The average Bonchev–Trinajstić information content (AvgIpc) is 3.00. The number of aliphatic hydroxyl groups is 1. The quantitative estimate of drug-likeness (QED) is 0.497. The molecule has 1 saturated carbocycles. The summed E-state index contributed by atoms with van der Waals surface area (Å²) in [6.07, 6.45) is 6.37. The Bertz CT molecular complexity index is 919. The van der Waals surface area contributed by atoms with Crippen LogP contribution in [0.5, 0.6) is 0 Å². The zero-order valence-electron chi connectivity index (χ0n) is 15.3. The molecule has 1 aromatic carbocycles. The number of carbonyl (C=O) groups excluding carboxylic acids is 2. The van der Waals surface area contributed by atoms with Gasteiger partial charge in [0.25, 0.3) is 11.7 Å². The second kappa shape index (κ2) is 7.54. The second-order valence-electron chi connectivity index (χ2n) is 7.26. The predicted molar refractivity (Wildman–Crippen MR) is 102 cm³/mol. The highest BCUT2D eigenvalue weighted by Gasteiger charge is 2.49. The minimum absolute atomic E-state index is 0.0147. The van der Waals surface area contributed by atoms with Crippen LogP contribution in [0.1, 0.15) is 49.4 Å². The number of aromatic nitrogens is 1. The van der Waals surface area contributed by atoms with Crippen molar-refractivity contribution in [3.63, 3.8) is 0 Å². The minimum Gasteiger partial charge on any atom is -0.507 e. The molecule has 1 aliphatic carbocycles. The van der Waals surface area contributed by atoms with Gasteiger partial charge in [-0.15, -0.1) is 0 Å². The molecule has 28 heavy (non-hydrogen) atoms. The summed E-state index contributed by atoms with van der Waals surface area (Å²) >= 11 is 0. The van der Waals surface area contributed by atoms with Gasteiger partial charge in [-0.2, -0.15) is 0 Å². The fourth-order valence-corrected chi connectivity index (χ4v) is 4.18. The smallest absolute Gasteiger partial charge is 0.295 e. The first-order valence-electron chi connectivity index (χ1n) is 9.55. The van der Waals surface area contributed by atoms with Crippen LogP contribution in [0.3, 0.4) is 0 Å².